The number of nitriles is 1. The fourth-order valence-corrected chi connectivity index (χ4v) is 1.31. The van der Waals surface area contributed by atoms with Crippen LogP contribution in [0.4, 0.5) is 0 Å². The number of thioether (sulfide) groups is 1. The Labute approximate surface area is 84.1 Å². The number of hydrogen-bond acceptors (Lipinski definition) is 3. The van der Waals surface area contributed by atoms with E-state index < -0.39 is 0 Å². The molecule has 1 amide bonds. The fourth-order valence-electron chi connectivity index (χ4n) is 0.934. The Hall–Kier alpha value is -0.690. The molecule has 0 N–H and O–H groups in total. The van der Waals surface area contributed by atoms with Gasteiger partial charge in [-0.3, -0.25) is 4.79 Å². The normalized spacial score (nSPS) is 11.8. The second-order valence-electron chi connectivity index (χ2n) is 3.05. The molecule has 74 valence electrons. The van der Waals surface area contributed by atoms with Gasteiger partial charge in [0.25, 0.3) is 0 Å². The molecular formula is C9H16N2OS. The van der Waals surface area contributed by atoms with Crippen LogP contribution in [0.15, 0.2) is 0 Å². The number of carbonyl (C=O) groups is 1. The van der Waals surface area contributed by atoms with Crippen LogP contribution in [0.2, 0.25) is 0 Å². The van der Waals surface area contributed by atoms with Gasteiger partial charge in [0.2, 0.25) is 5.91 Å². The van der Waals surface area contributed by atoms with E-state index in [2.05, 4.69) is 6.07 Å². The van der Waals surface area contributed by atoms with E-state index >= 15 is 0 Å². The first kappa shape index (κ1) is 12.3. The van der Waals surface area contributed by atoms with E-state index in [-0.39, 0.29) is 11.8 Å². The van der Waals surface area contributed by atoms with Gasteiger partial charge in [0.15, 0.2) is 0 Å². The van der Waals surface area contributed by atoms with E-state index in [1.807, 2.05) is 13.2 Å². The minimum atomic E-state index is -0.0803. The van der Waals surface area contributed by atoms with Gasteiger partial charge in [0, 0.05) is 25.8 Å². The van der Waals surface area contributed by atoms with Gasteiger partial charge in [-0.05, 0) is 13.2 Å². The monoisotopic (exact) mass is 200 g/mol. The zero-order valence-corrected chi connectivity index (χ0v) is 9.23. The van der Waals surface area contributed by atoms with Gasteiger partial charge < -0.3 is 4.90 Å². The number of carbonyl (C=O) groups excluding carboxylic acids is 1. The van der Waals surface area contributed by atoms with Crippen LogP contribution in [0.3, 0.4) is 0 Å². The van der Waals surface area contributed by atoms with Crippen molar-refractivity contribution in [3.63, 3.8) is 0 Å². The van der Waals surface area contributed by atoms with Gasteiger partial charge in [-0.2, -0.15) is 17.0 Å². The summed E-state index contributed by atoms with van der Waals surface area (Å²) in [4.78, 5) is 13.0. The molecule has 0 spiro atoms. The molecule has 0 heterocycles. The van der Waals surface area contributed by atoms with Crippen LogP contribution < -0.4 is 0 Å². The largest absolute Gasteiger partial charge is 0.344 e. The van der Waals surface area contributed by atoms with Gasteiger partial charge in [-0.1, -0.05) is 0 Å². The summed E-state index contributed by atoms with van der Waals surface area (Å²) < 4.78 is 0. The molecule has 4 heteroatoms. The molecule has 0 saturated heterocycles. The highest BCUT2D eigenvalue weighted by molar-refractivity contribution is 7.98. The molecule has 0 aliphatic heterocycles. The molecule has 1 unspecified atom stereocenters. The highest BCUT2D eigenvalue weighted by Crippen LogP contribution is 2.01. The van der Waals surface area contributed by atoms with Gasteiger partial charge in [-0.25, -0.2) is 0 Å². The predicted molar refractivity (Wildman–Crippen MR) is 55.4 cm³/mol. The van der Waals surface area contributed by atoms with E-state index in [1.165, 1.54) is 0 Å². The zero-order chi connectivity index (χ0) is 10.3. The van der Waals surface area contributed by atoms with Crippen LogP contribution in [0, 0.1) is 17.2 Å². The summed E-state index contributed by atoms with van der Waals surface area (Å²) in [6, 6.07) is 2.11. The van der Waals surface area contributed by atoms with Gasteiger partial charge >= 0.3 is 0 Å². The fraction of sp³-hybridized carbons (Fsp3) is 0.778. The van der Waals surface area contributed by atoms with Crippen LogP contribution in [0.25, 0.3) is 0 Å². The zero-order valence-electron chi connectivity index (χ0n) is 8.41. The lowest BCUT2D eigenvalue weighted by atomic mass is 10.2. The minimum Gasteiger partial charge on any atom is -0.344 e. The molecule has 3 nitrogen and oxygen atoms in total. The molecule has 0 radical (unpaired) electrons. The molecule has 1 atom stereocenters. The summed E-state index contributed by atoms with van der Waals surface area (Å²) in [5.41, 5.74) is 0. The van der Waals surface area contributed by atoms with Gasteiger partial charge in [0.1, 0.15) is 0 Å². The highest BCUT2D eigenvalue weighted by Gasteiger charge is 2.10. The Morgan fingerprint density at radius 1 is 1.69 bits per heavy atom. The van der Waals surface area contributed by atoms with Crippen molar-refractivity contribution in [3.05, 3.63) is 0 Å². The van der Waals surface area contributed by atoms with Crippen molar-refractivity contribution in [2.24, 2.45) is 5.92 Å². The second-order valence-corrected chi connectivity index (χ2v) is 4.03. The van der Waals surface area contributed by atoms with Crippen molar-refractivity contribution in [3.8, 4) is 6.07 Å². The molecule has 0 aliphatic rings. The number of hydrogen-bond donors (Lipinski definition) is 0. The molecule has 0 aromatic heterocycles. The Kier molecular flexibility index (Phi) is 6.43. The van der Waals surface area contributed by atoms with Crippen LogP contribution in [-0.4, -0.2) is 36.4 Å². The smallest absolute Gasteiger partial charge is 0.223 e. The van der Waals surface area contributed by atoms with Crippen molar-refractivity contribution in [1.29, 1.82) is 5.26 Å². The lowest BCUT2D eigenvalue weighted by Crippen LogP contribution is -2.30. The second kappa shape index (κ2) is 6.79. The molecule has 0 rings (SSSR count). The Morgan fingerprint density at radius 2 is 2.31 bits per heavy atom. The van der Waals surface area contributed by atoms with E-state index in [0.29, 0.717) is 13.0 Å². The van der Waals surface area contributed by atoms with E-state index in [1.54, 1.807) is 23.7 Å². The van der Waals surface area contributed by atoms with E-state index in [4.69, 9.17) is 5.26 Å². The van der Waals surface area contributed by atoms with Gasteiger partial charge in [-0.15, -0.1) is 0 Å². The topological polar surface area (TPSA) is 44.1 Å². The van der Waals surface area contributed by atoms with Crippen LogP contribution in [0.5, 0.6) is 0 Å². The molecule has 0 bridgehead atoms. The standard InChI is InChI=1S/C9H16N2OS/c1-8(6-10)7-11(2)9(12)4-5-13-3/h8H,4-5,7H2,1-3H3. The van der Waals surface area contributed by atoms with Crippen molar-refractivity contribution in [2.75, 3.05) is 25.6 Å². The first-order chi connectivity index (χ1) is 6.11. The highest BCUT2D eigenvalue weighted by atomic mass is 32.2. The molecule has 0 fully saturated rings. The molecule has 0 aromatic rings. The Bertz CT molecular complexity index is 200. The van der Waals surface area contributed by atoms with E-state index in [9.17, 15) is 4.79 Å². The third-order valence-corrected chi connectivity index (χ3v) is 2.33. The average molecular weight is 200 g/mol. The summed E-state index contributed by atoms with van der Waals surface area (Å²) >= 11 is 1.66. The third-order valence-electron chi connectivity index (χ3n) is 1.71. The third kappa shape index (κ3) is 5.53. The predicted octanol–water partition coefficient (Wildman–Crippen LogP) is 1.36. The number of rotatable bonds is 5. The molecular weight excluding hydrogens is 184 g/mol. The summed E-state index contributed by atoms with van der Waals surface area (Å²) in [7, 11) is 1.75. The van der Waals surface area contributed by atoms with Crippen molar-refractivity contribution in [1.82, 2.24) is 4.90 Å². The Balaban J connectivity index is 3.77. The molecule has 13 heavy (non-hydrogen) atoms. The summed E-state index contributed by atoms with van der Waals surface area (Å²) in [6.07, 6.45) is 2.54. The SMILES string of the molecule is CSCCC(=O)N(C)CC(C)C#N. The van der Waals surface area contributed by atoms with E-state index in [0.717, 1.165) is 5.75 Å². The maximum atomic E-state index is 11.4. The average Bonchev–Trinajstić information content (AvgIpc) is 2.13. The summed E-state index contributed by atoms with van der Waals surface area (Å²) in [5, 5.41) is 8.55. The quantitative estimate of drug-likeness (QED) is 0.673. The molecule has 0 saturated carbocycles. The van der Waals surface area contributed by atoms with Crippen molar-refractivity contribution < 1.29 is 4.79 Å². The molecule has 0 aromatic carbocycles. The first-order valence-corrected chi connectivity index (χ1v) is 5.63. The number of nitrogens with zero attached hydrogens (tertiary/aromatic N) is 2. The van der Waals surface area contributed by atoms with Crippen LogP contribution >= 0.6 is 11.8 Å². The number of amides is 1. The first-order valence-electron chi connectivity index (χ1n) is 4.24. The minimum absolute atomic E-state index is 0.0803. The summed E-state index contributed by atoms with van der Waals surface area (Å²) in [6.45, 7) is 2.35. The van der Waals surface area contributed by atoms with Crippen LogP contribution in [-0.2, 0) is 4.79 Å². The van der Waals surface area contributed by atoms with Crippen molar-refractivity contribution in [2.45, 2.75) is 13.3 Å². The Morgan fingerprint density at radius 3 is 2.77 bits per heavy atom. The molecule has 0 aliphatic carbocycles. The maximum absolute atomic E-state index is 11.4. The summed E-state index contributed by atoms with van der Waals surface area (Å²) in [5.74, 6) is 0.893. The van der Waals surface area contributed by atoms with Crippen LogP contribution in [0.1, 0.15) is 13.3 Å². The van der Waals surface area contributed by atoms with Gasteiger partial charge in [0.05, 0.1) is 12.0 Å². The lowest BCUT2D eigenvalue weighted by molar-refractivity contribution is -0.129. The lowest BCUT2D eigenvalue weighted by Gasteiger charge is -2.17. The van der Waals surface area contributed by atoms with Crippen molar-refractivity contribution >= 4 is 17.7 Å². The maximum Gasteiger partial charge on any atom is 0.223 e.